The van der Waals surface area contributed by atoms with Crippen molar-refractivity contribution in [1.82, 2.24) is 0 Å². The normalized spacial score (nSPS) is 28.2. The third-order valence-corrected chi connectivity index (χ3v) is 3.58. The largest absolute Gasteiger partial charge is 0.344 e. The molecule has 1 saturated heterocycles. The van der Waals surface area contributed by atoms with Crippen molar-refractivity contribution in [2.24, 2.45) is 0 Å². The highest BCUT2D eigenvalue weighted by molar-refractivity contribution is 6.49. The van der Waals surface area contributed by atoms with Gasteiger partial charge < -0.3 is 9.47 Å². The first-order valence-corrected chi connectivity index (χ1v) is 6.09. The zero-order chi connectivity index (χ0) is 11.6. The average Bonchev–Trinajstić information content (AvgIpc) is 2.57. The monoisotopic (exact) mass is 260 g/mol. The van der Waals surface area contributed by atoms with E-state index in [1.165, 1.54) is 0 Å². The van der Waals surface area contributed by atoms with Crippen LogP contribution in [-0.4, -0.2) is 17.5 Å². The Hall–Kier alpha value is -0.280. The smallest absolute Gasteiger partial charge is 0.229 e. The second-order valence-electron chi connectivity index (χ2n) is 3.72. The molecule has 0 radical (unpaired) electrons. The Morgan fingerprint density at radius 2 is 2.00 bits per heavy atom. The molecule has 1 aliphatic rings. The fraction of sp³-hybridized carbons (Fsp3) is 0.500. The first-order chi connectivity index (χ1) is 7.62. The van der Waals surface area contributed by atoms with Crippen molar-refractivity contribution in [2.45, 2.75) is 23.5 Å². The lowest BCUT2D eigenvalue weighted by molar-refractivity contribution is -0.220. The van der Waals surface area contributed by atoms with Crippen molar-refractivity contribution in [2.75, 3.05) is 13.2 Å². The molecule has 0 spiro atoms. The molecule has 0 bridgehead atoms. The van der Waals surface area contributed by atoms with E-state index >= 15 is 0 Å². The Bertz CT molecular complexity index is 353. The minimum absolute atomic E-state index is 0.496. The van der Waals surface area contributed by atoms with Crippen molar-refractivity contribution in [3.63, 3.8) is 0 Å². The van der Waals surface area contributed by atoms with Crippen LogP contribution >= 0.6 is 23.2 Å². The molecule has 2 rings (SSSR count). The van der Waals surface area contributed by atoms with Crippen LogP contribution in [0.4, 0.5) is 0 Å². The number of hydrogen-bond donors (Lipinski definition) is 0. The van der Waals surface area contributed by atoms with Gasteiger partial charge in [0.2, 0.25) is 5.79 Å². The third-order valence-electron chi connectivity index (χ3n) is 2.70. The molecule has 88 valence electrons. The molecule has 0 aromatic heterocycles. The van der Waals surface area contributed by atoms with Crippen molar-refractivity contribution >= 4 is 23.2 Å². The van der Waals surface area contributed by atoms with Gasteiger partial charge >= 0.3 is 0 Å². The Balaban J connectivity index is 2.44. The molecular formula is C12H14Cl2O2. The van der Waals surface area contributed by atoms with Gasteiger partial charge in [0, 0.05) is 18.6 Å². The predicted octanol–water partition coefficient (Wildman–Crippen LogP) is 3.47. The van der Waals surface area contributed by atoms with E-state index in [2.05, 4.69) is 0 Å². The summed E-state index contributed by atoms with van der Waals surface area (Å²) < 4.78 is 10.4. The molecule has 1 aliphatic heterocycles. The minimum atomic E-state index is -1.04. The molecule has 1 heterocycles. The Morgan fingerprint density at radius 3 is 2.50 bits per heavy atom. The molecule has 0 aliphatic carbocycles. The molecule has 0 amide bonds. The molecule has 1 atom stereocenters. The first kappa shape index (κ1) is 12.2. The Kier molecular flexibility index (Phi) is 3.45. The van der Waals surface area contributed by atoms with Gasteiger partial charge in [-0.25, -0.2) is 0 Å². The van der Waals surface area contributed by atoms with Gasteiger partial charge in [-0.1, -0.05) is 53.5 Å². The summed E-state index contributed by atoms with van der Waals surface area (Å²) in [4.78, 5) is 0. The summed E-state index contributed by atoms with van der Waals surface area (Å²) in [6.07, 6.45) is 0.561. The maximum absolute atomic E-state index is 6.32. The van der Waals surface area contributed by atoms with E-state index in [0.29, 0.717) is 19.6 Å². The van der Waals surface area contributed by atoms with Gasteiger partial charge in [-0.15, -0.1) is 0 Å². The van der Waals surface area contributed by atoms with Crippen LogP contribution in [0.3, 0.4) is 0 Å². The van der Waals surface area contributed by atoms with Crippen LogP contribution in [0.25, 0.3) is 0 Å². The molecule has 16 heavy (non-hydrogen) atoms. The number of alkyl halides is 2. The standard InChI is InChI=1S/C12H14Cl2O2/c1-2-15-12(10-6-4-3-5-7-10)11(13,14)8-9-16-12/h3-7H,2,8-9H2,1H3. The summed E-state index contributed by atoms with van der Waals surface area (Å²) in [7, 11) is 0. The Labute approximate surface area is 105 Å². The fourth-order valence-electron chi connectivity index (χ4n) is 1.98. The summed E-state index contributed by atoms with van der Waals surface area (Å²) in [5, 5.41) is 0. The summed E-state index contributed by atoms with van der Waals surface area (Å²) in [6.45, 7) is 2.90. The van der Waals surface area contributed by atoms with Gasteiger partial charge in [0.15, 0.2) is 4.33 Å². The SMILES string of the molecule is CCOC1(c2ccccc2)OCCC1(Cl)Cl. The average molecular weight is 261 g/mol. The minimum Gasteiger partial charge on any atom is -0.344 e. The molecule has 1 aromatic carbocycles. The van der Waals surface area contributed by atoms with Crippen molar-refractivity contribution in [1.29, 1.82) is 0 Å². The predicted molar refractivity (Wildman–Crippen MR) is 64.8 cm³/mol. The zero-order valence-corrected chi connectivity index (χ0v) is 10.6. The van der Waals surface area contributed by atoms with Crippen LogP contribution in [0.1, 0.15) is 18.9 Å². The number of rotatable bonds is 3. The molecule has 1 fully saturated rings. The Morgan fingerprint density at radius 1 is 1.31 bits per heavy atom. The van der Waals surface area contributed by atoms with E-state index in [9.17, 15) is 0 Å². The number of ether oxygens (including phenoxy) is 2. The van der Waals surface area contributed by atoms with Gasteiger partial charge in [-0.2, -0.15) is 0 Å². The van der Waals surface area contributed by atoms with Gasteiger partial charge in [0.1, 0.15) is 0 Å². The second kappa shape index (κ2) is 4.53. The van der Waals surface area contributed by atoms with E-state index in [0.717, 1.165) is 5.56 Å². The first-order valence-electron chi connectivity index (χ1n) is 5.33. The van der Waals surface area contributed by atoms with Crippen molar-refractivity contribution in [3.8, 4) is 0 Å². The molecular weight excluding hydrogens is 247 g/mol. The number of hydrogen-bond acceptors (Lipinski definition) is 2. The molecule has 1 unspecified atom stereocenters. The molecule has 2 nitrogen and oxygen atoms in total. The lowest BCUT2D eigenvalue weighted by atomic mass is 10.0. The van der Waals surface area contributed by atoms with E-state index in [-0.39, 0.29) is 0 Å². The molecule has 4 heteroatoms. The van der Waals surface area contributed by atoms with Crippen LogP contribution in [0.15, 0.2) is 30.3 Å². The topological polar surface area (TPSA) is 18.5 Å². The van der Waals surface area contributed by atoms with Crippen molar-refractivity contribution < 1.29 is 9.47 Å². The van der Waals surface area contributed by atoms with E-state index in [4.69, 9.17) is 32.7 Å². The van der Waals surface area contributed by atoms with E-state index in [1.54, 1.807) is 0 Å². The van der Waals surface area contributed by atoms with Gasteiger partial charge in [-0.3, -0.25) is 0 Å². The fourth-order valence-corrected chi connectivity index (χ4v) is 2.57. The van der Waals surface area contributed by atoms with Crippen LogP contribution < -0.4 is 0 Å². The molecule has 1 aromatic rings. The highest BCUT2D eigenvalue weighted by Gasteiger charge is 2.57. The van der Waals surface area contributed by atoms with E-state index in [1.807, 2.05) is 37.3 Å². The maximum atomic E-state index is 6.32. The highest BCUT2D eigenvalue weighted by atomic mass is 35.5. The van der Waals surface area contributed by atoms with Gasteiger partial charge in [0.05, 0.1) is 6.61 Å². The highest BCUT2D eigenvalue weighted by Crippen LogP contribution is 2.51. The van der Waals surface area contributed by atoms with Crippen LogP contribution in [0.2, 0.25) is 0 Å². The zero-order valence-electron chi connectivity index (χ0n) is 9.08. The van der Waals surface area contributed by atoms with Gasteiger partial charge in [-0.05, 0) is 6.92 Å². The number of halogens is 2. The van der Waals surface area contributed by atoms with E-state index < -0.39 is 10.1 Å². The van der Waals surface area contributed by atoms with Crippen molar-refractivity contribution in [3.05, 3.63) is 35.9 Å². The van der Waals surface area contributed by atoms with Gasteiger partial charge in [0.25, 0.3) is 0 Å². The van der Waals surface area contributed by atoms with Crippen LogP contribution in [0.5, 0.6) is 0 Å². The molecule has 0 saturated carbocycles. The van der Waals surface area contributed by atoms with Crippen LogP contribution in [0, 0.1) is 0 Å². The summed E-state index contributed by atoms with van der Waals surface area (Å²) in [5.41, 5.74) is 0.861. The summed E-state index contributed by atoms with van der Waals surface area (Å²) in [5.74, 6) is -1.04. The summed E-state index contributed by atoms with van der Waals surface area (Å²) in [6, 6.07) is 9.60. The maximum Gasteiger partial charge on any atom is 0.229 e. The quantitative estimate of drug-likeness (QED) is 0.775. The number of benzene rings is 1. The summed E-state index contributed by atoms with van der Waals surface area (Å²) >= 11 is 12.6. The lowest BCUT2D eigenvalue weighted by Crippen LogP contribution is -2.43. The molecule has 0 N–H and O–H groups in total. The third kappa shape index (κ3) is 1.84. The lowest BCUT2D eigenvalue weighted by Gasteiger charge is -2.36. The second-order valence-corrected chi connectivity index (χ2v) is 5.20. The van der Waals surface area contributed by atoms with Crippen LogP contribution in [-0.2, 0) is 15.3 Å².